The Balaban J connectivity index is 1.49. The van der Waals surface area contributed by atoms with Crippen LogP contribution in [0.25, 0.3) is 33.3 Å². The van der Waals surface area contributed by atoms with E-state index in [4.69, 9.17) is 10.1 Å². The zero-order chi connectivity index (χ0) is 22.8. The zero-order valence-electron chi connectivity index (χ0n) is 18.7. The third-order valence-electron chi connectivity index (χ3n) is 6.49. The Hall–Kier alpha value is -3.64. The summed E-state index contributed by atoms with van der Waals surface area (Å²) < 4.78 is 5.57. The molecule has 168 valence electrons. The normalized spacial score (nSPS) is 16.2. The molecule has 0 bridgehead atoms. The predicted octanol–water partition coefficient (Wildman–Crippen LogP) is 4.94. The summed E-state index contributed by atoms with van der Waals surface area (Å²) in [7, 11) is 1.68. The molecule has 1 aliphatic heterocycles. The summed E-state index contributed by atoms with van der Waals surface area (Å²) >= 11 is 0. The van der Waals surface area contributed by atoms with Gasteiger partial charge in [-0.1, -0.05) is 36.4 Å². The predicted molar refractivity (Wildman–Crippen MR) is 132 cm³/mol. The van der Waals surface area contributed by atoms with Crippen LogP contribution in [0.15, 0.2) is 67.0 Å². The van der Waals surface area contributed by atoms with Gasteiger partial charge in [-0.25, -0.2) is 4.98 Å². The highest BCUT2D eigenvalue weighted by atomic mass is 16.5. The molecule has 5 rings (SSSR count). The van der Waals surface area contributed by atoms with Gasteiger partial charge in [0.25, 0.3) is 0 Å². The van der Waals surface area contributed by atoms with Crippen molar-refractivity contribution < 1.29 is 9.84 Å². The molecule has 33 heavy (non-hydrogen) atoms. The van der Waals surface area contributed by atoms with Crippen molar-refractivity contribution in [3.8, 4) is 28.0 Å². The number of rotatable bonds is 5. The minimum atomic E-state index is 0.181. The number of amidine groups is 1. The van der Waals surface area contributed by atoms with E-state index in [1.165, 1.54) is 0 Å². The molecular formula is C27H28N4O2. The largest absolute Gasteiger partial charge is 0.496 e. The van der Waals surface area contributed by atoms with Gasteiger partial charge in [0.1, 0.15) is 17.2 Å². The van der Waals surface area contributed by atoms with Crippen molar-refractivity contribution in [3.05, 3.63) is 72.6 Å². The first-order chi connectivity index (χ1) is 16.2. The summed E-state index contributed by atoms with van der Waals surface area (Å²) in [6.07, 6.45) is 5.87. The van der Waals surface area contributed by atoms with Gasteiger partial charge >= 0.3 is 0 Å². The molecule has 1 unspecified atom stereocenters. The third-order valence-corrected chi connectivity index (χ3v) is 6.49. The number of nitrogens with zero attached hydrogens (tertiary/aromatic N) is 2. The number of aromatic amines is 1. The van der Waals surface area contributed by atoms with Crippen molar-refractivity contribution in [1.82, 2.24) is 14.9 Å². The van der Waals surface area contributed by atoms with Crippen LogP contribution in [0.5, 0.6) is 5.75 Å². The molecule has 2 aromatic heterocycles. The van der Waals surface area contributed by atoms with Crippen LogP contribution in [0.2, 0.25) is 0 Å². The number of fused-ring (bicyclic) bond motifs is 1. The molecule has 0 saturated carbocycles. The Morgan fingerprint density at radius 3 is 2.88 bits per heavy atom. The molecule has 6 heteroatoms. The van der Waals surface area contributed by atoms with E-state index in [0.717, 1.165) is 70.5 Å². The van der Waals surface area contributed by atoms with E-state index < -0.39 is 0 Å². The van der Waals surface area contributed by atoms with Crippen LogP contribution in [-0.4, -0.2) is 52.6 Å². The molecule has 1 fully saturated rings. The molecule has 1 aliphatic rings. The van der Waals surface area contributed by atoms with Gasteiger partial charge in [-0.05, 0) is 42.5 Å². The summed E-state index contributed by atoms with van der Waals surface area (Å²) in [6, 6.07) is 18.2. The Bertz CT molecular complexity index is 1300. The highest BCUT2D eigenvalue weighted by molar-refractivity contribution is 5.99. The van der Waals surface area contributed by atoms with E-state index in [1.807, 2.05) is 48.8 Å². The smallest absolute Gasteiger partial charge is 0.137 e. The minimum Gasteiger partial charge on any atom is -0.496 e. The van der Waals surface area contributed by atoms with Crippen LogP contribution in [0, 0.1) is 11.3 Å². The van der Waals surface area contributed by atoms with Gasteiger partial charge in [0.15, 0.2) is 0 Å². The Morgan fingerprint density at radius 2 is 2.03 bits per heavy atom. The van der Waals surface area contributed by atoms with Crippen molar-refractivity contribution in [2.75, 3.05) is 26.8 Å². The molecule has 1 saturated heterocycles. The number of aromatic nitrogens is 2. The van der Waals surface area contributed by atoms with Gasteiger partial charge in [0.2, 0.25) is 0 Å². The molecule has 4 aromatic rings. The number of benzene rings is 2. The van der Waals surface area contributed by atoms with Crippen LogP contribution in [0.1, 0.15) is 18.4 Å². The highest BCUT2D eigenvalue weighted by Gasteiger charge is 2.22. The molecular weight excluding hydrogens is 412 g/mol. The highest BCUT2D eigenvalue weighted by Crippen LogP contribution is 2.36. The van der Waals surface area contributed by atoms with Gasteiger partial charge in [-0.2, -0.15) is 0 Å². The number of nitrogens with one attached hydrogen (secondary N) is 2. The van der Waals surface area contributed by atoms with Gasteiger partial charge in [0, 0.05) is 59.7 Å². The molecule has 0 aliphatic carbocycles. The maximum atomic E-state index is 9.55. The fraction of sp³-hybridized carbons (Fsp3) is 0.259. The number of methoxy groups -OCH3 is 1. The molecule has 0 spiro atoms. The summed E-state index contributed by atoms with van der Waals surface area (Å²) in [5.41, 5.74) is 5.79. The van der Waals surface area contributed by atoms with Crippen molar-refractivity contribution in [1.29, 1.82) is 5.41 Å². The summed E-state index contributed by atoms with van der Waals surface area (Å²) in [4.78, 5) is 10.0. The average Bonchev–Trinajstić information content (AvgIpc) is 3.31. The van der Waals surface area contributed by atoms with Crippen LogP contribution < -0.4 is 4.74 Å². The number of aliphatic hydroxyl groups is 1. The maximum absolute atomic E-state index is 9.55. The lowest BCUT2D eigenvalue weighted by molar-refractivity contribution is 0.160. The topological polar surface area (TPSA) is 85.2 Å². The Kier molecular flexibility index (Phi) is 5.84. The number of ether oxygens (including phenoxy) is 1. The first-order valence-corrected chi connectivity index (χ1v) is 11.3. The quantitative estimate of drug-likeness (QED) is 0.303. The van der Waals surface area contributed by atoms with E-state index in [9.17, 15) is 5.11 Å². The van der Waals surface area contributed by atoms with Gasteiger partial charge in [0.05, 0.1) is 7.11 Å². The number of likely N-dealkylation sites (tertiary alicyclic amines) is 1. The van der Waals surface area contributed by atoms with Crippen LogP contribution in [0.4, 0.5) is 0 Å². The van der Waals surface area contributed by atoms with Gasteiger partial charge in [-0.3, -0.25) is 5.41 Å². The minimum absolute atomic E-state index is 0.181. The summed E-state index contributed by atoms with van der Waals surface area (Å²) in [5, 5.41) is 19.3. The monoisotopic (exact) mass is 440 g/mol. The first kappa shape index (κ1) is 21.2. The van der Waals surface area contributed by atoms with Crippen molar-refractivity contribution in [3.63, 3.8) is 0 Å². The number of hydrogen-bond acceptors (Lipinski definition) is 4. The number of hydrogen-bond donors (Lipinski definition) is 3. The summed E-state index contributed by atoms with van der Waals surface area (Å²) in [6.45, 7) is 1.78. The third kappa shape index (κ3) is 4.10. The van der Waals surface area contributed by atoms with Gasteiger partial charge < -0.3 is 19.7 Å². The summed E-state index contributed by atoms with van der Waals surface area (Å²) in [5.74, 6) is 1.58. The second-order valence-corrected chi connectivity index (χ2v) is 8.59. The second-order valence-electron chi connectivity index (χ2n) is 8.59. The van der Waals surface area contributed by atoms with Crippen LogP contribution >= 0.6 is 0 Å². The zero-order valence-corrected chi connectivity index (χ0v) is 18.7. The van der Waals surface area contributed by atoms with E-state index in [2.05, 4.69) is 33.1 Å². The van der Waals surface area contributed by atoms with E-state index in [0.29, 0.717) is 5.84 Å². The van der Waals surface area contributed by atoms with E-state index >= 15 is 0 Å². The fourth-order valence-corrected chi connectivity index (χ4v) is 4.70. The second kappa shape index (κ2) is 9.08. The Labute approximate surface area is 193 Å². The lowest BCUT2D eigenvalue weighted by Crippen LogP contribution is -2.40. The van der Waals surface area contributed by atoms with Crippen LogP contribution in [-0.2, 0) is 0 Å². The molecule has 3 heterocycles. The lowest BCUT2D eigenvalue weighted by Gasteiger charge is -2.33. The standard InChI is InChI=1S/C27H28N4O2/c1-33-25-10-3-2-9-22(25)24-15-30-27-23(24)13-21(14-29-27)19-7-4-8-20(12-19)26(28)31-11-5-6-18(16-31)17-32/h2-4,7-10,12-15,18,28,32H,5-6,11,16-17H2,1H3,(H,29,30). The molecule has 6 nitrogen and oxygen atoms in total. The molecule has 0 radical (unpaired) electrons. The maximum Gasteiger partial charge on any atom is 0.137 e. The van der Waals surface area contributed by atoms with Crippen LogP contribution in [0.3, 0.4) is 0 Å². The molecule has 3 N–H and O–H groups in total. The van der Waals surface area contributed by atoms with E-state index in [1.54, 1.807) is 7.11 Å². The number of aliphatic hydroxyl groups excluding tert-OH is 1. The molecule has 1 atom stereocenters. The Morgan fingerprint density at radius 1 is 1.15 bits per heavy atom. The van der Waals surface area contributed by atoms with Crippen molar-refractivity contribution in [2.45, 2.75) is 12.8 Å². The van der Waals surface area contributed by atoms with Gasteiger partial charge in [-0.15, -0.1) is 0 Å². The SMILES string of the molecule is COc1ccccc1-c1c[nH]c2ncc(-c3cccc(C(=N)N4CCCC(CO)C4)c3)cc12. The number of H-pyrrole nitrogens is 1. The first-order valence-electron chi connectivity index (χ1n) is 11.3. The average molecular weight is 441 g/mol. The fourth-order valence-electron chi connectivity index (χ4n) is 4.70. The molecule has 0 amide bonds. The van der Waals surface area contributed by atoms with Crippen molar-refractivity contribution in [2.24, 2.45) is 5.92 Å². The van der Waals surface area contributed by atoms with Crippen molar-refractivity contribution >= 4 is 16.9 Å². The molecule has 2 aromatic carbocycles. The number of para-hydroxylation sites is 1. The number of piperidine rings is 1. The number of pyridine rings is 1. The lowest BCUT2D eigenvalue weighted by atomic mass is 9.97. The van der Waals surface area contributed by atoms with E-state index in [-0.39, 0.29) is 12.5 Å².